The fourth-order valence-corrected chi connectivity index (χ4v) is 3.02. The van der Waals surface area contributed by atoms with E-state index in [0.29, 0.717) is 17.0 Å². The van der Waals surface area contributed by atoms with Crippen molar-refractivity contribution in [3.05, 3.63) is 64.0 Å². The molecule has 0 aliphatic rings. The number of carbonyl (C=O) groups is 1. The first kappa shape index (κ1) is 23.5. The largest absolute Gasteiger partial charge is 0.374 e. The van der Waals surface area contributed by atoms with Gasteiger partial charge in [0.1, 0.15) is 6.04 Å². The van der Waals surface area contributed by atoms with Gasteiger partial charge in [0.15, 0.2) is 11.5 Å². The lowest BCUT2D eigenvalue weighted by Gasteiger charge is -2.23. The summed E-state index contributed by atoms with van der Waals surface area (Å²) in [6, 6.07) is 12.5. The third-order valence-electron chi connectivity index (χ3n) is 4.27. The number of carbonyl (C=O) groups excluding carboxylic acids is 1. The number of fused-ring (bicyclic) bond motifs is 1. The molecule has 0 aliphatic heterocycles. The predicted octanol–water partition coefficient (Wildman–Crippen LogP) is 3.11. The van der Waals surface area contributed by atoms with Gasteiger partial charge in [0, 0.05) is 10.7 Å². The van der Waals surface area contributed by atoms with Crippen LogP contribution in [0.15, 0.2) is 47.1 Å². The second-order valence-electron chi connectivity index (χ2n) is 7.17. The molecule has 3 N–H and O–H groups in total. The fourth-order valence-electron chi connectivity index (χ4n) is 2.69. The minimum Gasteiger partial charge on any atom is -0.374 e. The summed E-state index contributed by atoms with van der Waals surface area (Å²) in [6.45, 7) is 3.61. The van der Waals surface area contributed by atoms with Gasteiger partial charge in [0.25, 0.3) is 0 Å². The van der Waals surface area contributed by atoms with Gasteiger partial charge in [-0.15, -0.1) is 10.2 Å². The molecule has 8 nitrogen and oxygen atoms in total. The molecule has 3 aromatic rings. The van der Waals surface area contributed by atoms with Crippen molar-refractivity contribution in [1.29, 1.82) is 5.26 Å². The van der Waals surface area contributed by atoms with Crippen molar-refractivity contribution in [2.24, 2.45) is 5.73 Å². The number of ether oxygens (including phenoxy) is 1. The molecule has 2 aromatic heterocycles. The van der Waals surface area contributed by atoms with Crippen LogP contribution in [-0.2, 0) is 16.1 Å². The number of rotatable bonds is 7. The molecule has 0 spiro atoms. The lowest BCUT2D eigenvalue weighted by atomic mass is 10.1. The Morgan fingerprint density at radius 2 is 2.07 bits per heavy atom. The molecule has 0 aliphatic carbocycles. The molecular formula is C21H25BrN6O2. The van der Waals surface area contributed by atoms with Crippen LogP contribution in [0.2, 0.25) is 0 Å². The van der Waals surface area contributed by atoms with Gasteiger partial charge in [0.05, 0.1) is 30.4 Å². The maximum atomic E-state index is 12.5. The molecule has 0 unspecified atom stereocenters. The first-order chi connectivity index (χ1) is 13.8. The molecule has 30 heavy (non-hydrogen) atoms. The van der Waals surface area contributed by atoms with Gasteiger partial charge in [-0.1, -0.05) is 25.6 Å². The van der Waals surface area contributed by atoms with Crippen molar-refractivity contribution < 1.29 is 9.53 Å². The zero-order valence-corrected chi connectivity index (χ0v) is 17.7. The maximum Gasteiger partial charge on any atom is 0.240 e. The summed E-state index contributed by atoms with van der Waals surface area (Å²) in [6.07, 6.45) is 1.82. The average Bonchev–Trinajstić information content (AvgIpc) is 3.09. The zero-order valence-electron chi connectivity index (χ0n) is 16.1. The fraction of sp³-hybridized carbons (Fsp3) is 0.333. The van der Waals surface area contributed by atoms with E-state index in [9.17, 15) is 10.1 Å². The van der Waals surface area contributed by atoms with Crippen molar-refractivity contribution >= 4 is 27.5 Å². The first-order valence-corrected chi connectivity index (χ1v) is 9.74. The second kappa shape index (κ2) is 9.80. The quantitative estimate of drug-likeness (QED) is 0.545. The summed E-state index contributed by atoms with van der Waals surface area (Å²) in [5, 5.41) is 20.5. The third kappa shape index (κ3) is 5.42. The molecule has 0 fully saturated rings. The van der Waals surface area contributed by atoms with E-state index in [4.69, 9.17) is 10.5 Å². The molecule has 158 valence electrons. The molecule has 1 atom stereocenters. The molecule has 3 rings (SSSR count). The number of nitriles is 1. The number of halogens is 1. The minimum atomic E-state index is -1.06. The molecule has 0 saturated heterocycles. The lowest BCUT2D eigenvalue weighted by Crippen LogP contribution is -2.50. The van der Waals surface area contributed by atoms with Crippen molar-refractivity contribution in [3.63, 3.8) is 0 Å². The number of benzene rings is 1. The Morgan fingerprint density at radius 1 is 1.33 bits per heavy atom. The highest BCUT2D eigenvalue weighted by Crippen LogP contribution is 2.19. The zero-order chi connectivity index (χ0) is 21.0. The van der Waals surface area contributed by atoms with Crippen molar-refractivity contribution in [2.75, 3.05) is 6.61 Å². The number of hydrogen-bond donors (Lipinski definition) is 2. The summed E-state index contributed by atoms with van der Waals surface area (Å²) in [5.41, 5.74) is 6.84. The maximum absolute atomic E-state index is 12.5. The Kier molecular flexibility index (Phi) is 7.67. The molecule has 0 radical (unpaired) electrons. The van der Waals surface area contributed by atoms with Crippen LogP contribution in [0.3, 0.4) is 0 Å². The Morgan fingerprint density at radius 3 is 2.77 bits per heavy atom. The number of pyridine rings is 1. The summed E-state index contributed by atoms with van der Waals surface area (Å²) < 4.78 is 8.47. The SMILES string of the molecule is C.CC(C)(N)C(=O)N[C@H](COCc1ccccc1C#N)c1nnc2ccc(Br)cn12. The summed E-state index contributed by atoms with van der Waals surface area (Å²) in [7, 11) is 0. The van der Waals surface area contributed by atoms with Crippen LogP contribution in [-0.4, -0.2) is 32.7 Å². The van der Waals surface area contributed by atoms with Crippen LogP contribution in [0.5, 0.6) is 0 Å². The molecule has 1 amide bonds. The molecule has 0 saturated carbocycles. The Balaban J connectivity index is 0.00000320. The van der Waals surface area contributed by atoms with Gasteiger partial charge in [-0.25, -0.2) is 0 Å². The van der Waals surface area contributed by atoms with Crippen LogP contribution < -0.4 is 11.1 Å². The van der Waals surface area contributed by atoms with E-state index in [1.807, 2.05) is 30.5 Å². The van der Waals surface area contributed by atoms with Gasteiger partial charge in [0.2, 0.25) is 5.91 Å². The topological polar surface area (TPSA) is 118 Å². The Labute approximate surface area is 184 Å². The summed E-state index contributed by atoms with van der Waals surface area (Å²) in [5.74, 6) is 0.183. The highest BCUT2D eigenvalue weighted by Gasteiger charge is 2.28. The number of nitrogens with one attached hydrogen (secondary N) is 1. The van der Waals surface area contributed by atoms with E-state index in [1.54, 1.807) is 30.4 Å². The van der Waals surface area contributed by atoms with E-state index in [2.05, 4.69) is 37.5 Å². The van der Waals surface area contributed by atoms with Crippen LogP contribution >= 0.6 is 15.9 Å². The minimum absolute atomic E-state index is 0. The Hall–Kier alpha value is -2.80. The number of nitrogens with zero attached hydrogens (tertiary/aromatic N) is 4. The number of amides is 1. The van der Waals surface area contributed by atoms with Crippen LogP contribution in [0.4, 0.5) is 0 Å². The molecular weight excluding hydrogens is 448 g/mol. The summed E-state index contributed by atoms with van der Waals surface area (Å²) >= 11 is 3.44. The first-order valence-electron chi connectivity index (χ1n) is 8.95. The van der Waals surface area contributed by atoms with Crippen molar-refractivity contribution in [3.8, 4) is 6.07 Å². The van der Waals surface area contributed by atoms with Gasteiger partial charge in [-0.3, -0.25) is 9.20 Å². The molecule has 1 aromatic carbocycles. The van der Waals surface area contributed by atoms with Gasteiger partial charge in [-0.2, -0.15) is 5.26 Å². The van der Waals surface area contributed by atoms with Gasteiger partial charge < -0.3 is 15.8 Å². The highest BCUT2D eigenvalue weighted by atomic mass is 79.9. The van der Waals surface area contributed by atoms with E-state index < -0.39 is 11.6 Å². The molecule has 9 heteroatoms. The van der Waals surface area contributed by atoms with Crippen LogP contribution in [0, 0.1) is 11.3 Å². The van der Waals surface area contributed by atoms with Crippen molar-refractivity contribution in [2.45, 2.75) is 39.5 Å². The van der Waals surface area contributed by atoms with Gasteiger partial charge in [-0.05, 0) is 53.5 Å². The summed E-state index contributed by atoms with van der Waals surface area (Å²) in [4.78, 5) is 12.5. The molecule has 0 bridgehead atoms. The number of hydrogen-bond acceptors (Lipinski definition) is 6. The number of nitrogens with two attached hydrogens (primary N) is 1. The highest BCUT2D eigenvalue weighted by molar-refractivity contribution is 9.10. The predicted molar refractivity (Wildman–Crippen MR) is 117 cm³/mol. The van der Waals surface area contributed by atoms with E-state index >= 15 is 0 Å². The standard InChI is InChI=1S/C20H21BrN6O2.CH4/c1-20(2,23)19(28)24-16(12-29-11-14-6-4-3-5-13(14)9-22)18-26-25-17-8-7-15(21)10-27(17)18;/h3-8,10,16H,11-12,23H2,1-2H3,(H,24,28);1H4/t16-;/m1./s1. The van der Waals surface area contributed by atoms with Crippen LogP contribution in [0.25, 0.3) is 5.65 Å². The van der Waals surface area contributed by atoms with Crippen LogP contribution in [0.1, 0.15) is 44.3 Å². The average molecular weight is 473 g/mol. The van der Waals surface area contributed by atoms with E-state index in [0.717, 1.165) is 10.0 Å². The number of aromatic nitrogens is 3. The van der Waals surface area contributed by atoms with E-state index in [-0.39, 0.29) is 26.5 Å². The monoisotopic (exact) mass is 472 g/mol. The second-order valence-corrected chi connectivity index (χ2v) is 8.08. The van der Waals surface area contributed by atoms with E-state index in [1.165, 1.54) is 0 Å². The molecule has 2 heterocycles. The Bertz CT molecular complexity index is 1070. The normalized spacial score (nSPS) is 12.1. The van der Waals surface area contributed by atoms with Crippen molar-refractivity contribution in [1.82, 2.24) is 19.9 Å². The smallest absolute Gasteiger partial charge is 0.240 e. The van der Waals surface area contributed by atoms with Gasteiger partial charge >= 0.3 is 0 Å². The third-order valence-corrected chi connectivity index (χ3v) is 4.74. The lowest BCUT2D eigenvalue weighted by molar-refractivity contribution is -0.126.